The molecule has 0 aliphatic carbocycles. The van der Waals surface area contributed by atoms with Gasteiger partial charge in [0.15, 0.2) is 0 Å². The maximum atomic E-state index is 12.3. The van der Waals surface area contributed by atoms with E-state index < -0.39 is 13.4 Å². The molecule has 0 unspecified atom stereocenters. The second-order valence-electron chi connectivity index (χ2n) is 4.70. The molecule has 1 saturated heterocycles. The number of piperazine rings is 1. The van der Waals surface area contributed by atoms with Crippen LogP contribution in [0.1, 0.15) is 0 Å². The van der Waals surface area contributed by atoms with E-state index >= 15 is 0 Å². The summed E-state index contributed by atoms with van der Waals surface area (Å²) in [5.74, 6) is 0.780. The van der Waals surface area contributed by atoms with Crippen LogP contribution in [0.3, 0.4) is 0 Å². The van der Waals surface area contributed by atoms with Gasteiger partial charge >= 0.3 is 6.98 Å². The predicted molar refractivity (Wildman–Crippen MR) is 70.7 cm³/mol. The number of benzene rings is 1. The van der Waals surface area contributed by atoms with E-state index in [0.717, 1.165) is 11.4 Å². The lowest BCUT2D eigenvalue weighted by atomic mass is 9.91. The highest BCUT2D eigenvalue weighted by Gasteiger charge is 2.28. The molecule has 7 heteroatoms. The summed E-state index contributed by atoms with van der Waals surface area (Å²) in [7, 11) is 1.60. The average molecular weight is 273 g/mol. The minimum atomic E-state index is -4.72. The summed E-state index contributed by atoms with van der Waals surface area (Å²) in [5, 5.41) is 0. The lowest BCUT2D eigenvalue weighted by Crippen LogP contribution is -2.50. The van der Waals surface area contributed by atoms with Gasteiger partial charge in [-0.05, 0) is 30.7 Å². The van der Waals surface area contributed by atoms with Gasteiger partial charge < -0.3 is 27.5 Å². The summed E-state index contributed by atoms with van der Waals surface area (Å²) >= 11 is 0. The highest BCUT2D eigenvalue weighted by atomic mass is 19.4. The fourth-order valence-electron chi connectivity index (χ4n) is 2.27. The van der Waals surface area contributed by atoms with Crippen LogP contribution >= 0.6 is 0 Å². The molecule has 0 aromatic heterocycles. The van der Waals surface area contributed by atoms with E-state index in [2.05, 4.69) is 4.90 Å². The highest BCUT2D eigenvalue weighted by molar-refractivity contribution is 6.58. The number of hydrogen-bond acceptors (Lipinski definition) is 3. The van der Waals surface area contributed by atoms with Gasteiger partial charge in [0.1, 0.15) is 5.75 Å². The largest absolute Gasteiger partial charge is 0.497 e. The van der Waals surface area contributed by atoms with Crippen molar-refractivity contribution < 1.29 is 17.7 Å². The first-order valence-corrected chi connectivity index (χ1v) is 6.30. The molecule has 0 radical (unpaired) electrons. The van der Waals surface area contributed by atoms with E-state index in [1.54, 1.807) is 7.11 Å². The maximum absolute atomic E-state index is 12.3. The van der Waals surface area contributed by atoms with Gasteiger partial charge in [-0.3, -0.25) is 0 Å². The van der Waals surface area contributed by atoms with Crippen molar-refractivity contribution in [1.82, 2.24) is 4.90 Å². The van der Waals surface area contributed by atoms with Gasteiger partial charge in [-0.25, -0.2) is 0 Å². The third kappa shape index (κ3) is 4.06. The molecule has 1 aromatic carbocycles. The third-order valence-electron chi connectivity index (χ3n) is 3.28. The minimum Gasteiger partial charge on any atom is -0.497 e. The van der Waals surface area contributed by atoms with Crippen LogP contribution in [0.25, 0.3) is 0 Å². The van der Waals surface area contributed by atoms with E-state index in [-0.39, 0.29) is 0 Å². The van der Waals surface area contributed by atoms with Crippen molar-refractivity contribution in [3.63, 3.8) is 0 Å². The number of ether oxygens (including phenoxy) is 1. The quantitative estimate of drug-likeness (QED) is 0.782. The molecule has 3 nitrogen and oxygen atoms in total. The minimum absolute atomic E-state index is 0.452. The van der Waals surface area contributed by atoms with Gasteiger partial charge in [0.2, 0.25) is 0 Å². The molecule has 0 amide bonds. The van der Waals surface area contributed by atoms with E-state index in [4.69, 9.17) is 4.74 Å². The standard InChI is InChI=1S/C12H17BF3N2O/c1-19-12-4-2-11(3-5-12)18-8-6-17(7-9-18)10-13(14,15)16/h2-5H,6-10H2,1H3/q-1. The monoisotopic (exact) mass is 273 g/mol. The molecule has 1 heterocycles. The second-order valence-corrected chi connectivity index (χ2v) is 4.70. The number of nitrogens with zero attached hydrogens (tertiary/aromatic N) is 2. The normalized spacial score (nSPS) is 17.6. The van der Waals surface area contributed by atoms with Crippen molar-refractivity contribution in [3.8, 4) is 5.75 Å². The van der Waals surface area contributed by atoms with Crippen LogP contribution in [0.4, 0.5) is 18.6 Å². The van der Waals surface area contributed by atoms with Gasteiger partial charge in [0, 0.05) is 31.9 Å². The lowest BCUT2D eigenvalue weighted by Gasteiger charge is -2.38. The van der Waals surface area contributed by atoms with Crippen molar-refractivity contribution >= 4 is 12.7 Å². The molecular formula is C12H17BF3N2O-. The average Bonchev–Trinajstić information content (AvgIpc) is 2.38. The Hall–Kier alpha value is -1.37. The first kappa shape index (κ1) is 14.1. The zero-order valence-electron chi connectivity index (χ0n) is 10.9. The molecule has 2 rings (SSSR count). The van der Waals surface area contributed by atoms with Crippen LogP contribution in [0.2, 0.25) is 0 Å². The van der Waals surface area contributed by atoms with E-state index in [0.29, 0.717) is 26.2 Å². The van der Waals surface area contributed by atoms with E-state index in [1.165, 1.54) is 4.90 Å². The molecule has 1 aromatic rings. The maximum Gasteiger partial charge on any atom is 0.492 e. The van der Waals surface area contributed by atoms with Gasteiger partial charge in [-0.2, -0.15) is 0 Å². The van der Waals surface area contributed by atoms with Gasteiger partial charge in [-0.15, -0.1) is 0 Å². The molecule has 1 aliphatic rings. The van der Waals surface area contributed by atoms with Crippen LogP contribution < -0.4 is 9.64 Å². The lowest BCUT2D eigenvalue weighted by molar-refractivity contribution is 0.263. The Morgan fingerprint density at radius 1 is 1.05 bits per heavy atom. The van der Waals surface area contributed by atoms with Gasteiger partial charge in [0.05, 0.1) is 7.11 Å². The molecule has 0 N–H and O–H groups in total. The van der Waals surface area contributed by atoms with Crippen molar-refractivity contribution in [2.45, 2.75) is 0 Å². The molecule has 0 atom stereocenters. The zero-order valence-corrected chi connectivity index (χ0v) is 10.9. The smallest absolute Gasteiger partial charge is 0.492 e. The SMILES string of the molecule is COc1ccc(N2CCN(C[B-](F)(F)F)CC2)cc1. The second kappa shape index (κ2) is 5.73. The highest BCUT2D eigenvalue weighted by Crippen LogP contribution is 2.21. The van der Waals surface area contributed by atoms with E-state index in [9.17, 15) is 12.9 Å². The molecule has 19 heavy (non-hydrogen) atoms. The summed E-state index contributed by atoms with van der Waals surface area (Å²) in [6.45, 7) is -2.57. The van der Waals surface area contributed by atoms with Crippen LogP contribution in [0.15, 0.2) is 24.3 Å². The first-order valence-electron chi connectivity index (χ1n) is 6.30. The van der Waals surface area contributed by atoms with Crippen LogP contribution in [-0.2, 0) is 0 Å². The Kier molecular flexibility index (Phi) is 4.24. The summed E-state index contributed by atoms with van der Waals surface area (Å²) in [6.07, 6.45) is -0.754. The van der Waals surface area contributed by atoms with Crippen molar-refractivity contribution in [3.05, 3.63) is 24.3 Å². The number of hydrogen-bond donors (Lipinski definition) is 0. The molecule has 0 bridgehead atoms. The molecule has 0 saturated carbocycles. The number of methoxy groups -OCH3 is 1. The van der Waals surface area contributed by atoms with Crippen LogP contribution in [0, 0.1) is 0 Å². The Morgan fingerprint density at radius 3 is 2.11 bits per heavy atom. The first-order chi connectivity index (χ1) is 8.98. The fraction of sp³-hybridized carbons (Fsp3) is 0.500. The van der Waals surface area contributed by atoms with Crippen LogP contribution in [0.5, 0.6) is 5.75 Å². The summed E-state index contributed by atoms with van der Waals surface area (Å²) in [5.41, 5.74) is 1.03. The van der Waals surface area contributed by atoms with E-state index in [1.807, 2.05) is 24.3 Å². The molecule has 1 aliphatic heterocycles. The van der Waals surface area contributed by atoms with Crippen molar-refractivity contribution in [2.24, 2.45) is 0 Å². The van der Waals surface area contributed by atoms with Crippen molar-refractivity contribution in [1.29, 1.82) is 0 Å². The number of rotatable bonds is 4. The fourth-order valence-corrected chi connectivity index (χ4v) is 2.27. The molecular weight excluding hydrogens is 256 g/mol. The Balaban J connectivity index is 1.88. The van der Waals surface area contributed by atoms with Crippen LogP contribution in [-0.4, -0.2) is 51.6 Å². The number of halogens is 3. The Morgan fingerprint density at radius 2 is 1.63 bits per heavy atom. The summed E-state index contributed by atoms with van der Waals surface area (Å²) in [6, 6.07) is 7.59. The summed E-state index contributed by atoms with van der Waals surface area (Å²) < 4.78 is 42.1. The zero-order chi connectivity index (χ0) is 13.9. The number of anilines is 1. The Bertz CT molecular complexity index is 402. The van der Waals surface area contributed by atoms with Gasteiger partial charge in [-0.1, -0.05) is 0 Å². The molecule has 1 fully saturated rings. The molecule has 0 spiro atoms. The topological polar surface area (TPSA) is 15.7 Å². The Labute approximate surface area is 111 Å². The third-order valence-corrected chi connectivity index (χ3v) is 3.28. The summed E-state index contributed by atoms with van der Waals surface area (Å²) in [4.78, 5) is 3.57. The molecule has 106 valence electrons. The van der Waals surface area contributed by atoms with Gasteiger partial charge in [0.25, 0.3) is 0 Å². The predicted octanol–water partition coefficient (Wildman–Crippen LogP) is 2.20. The van der Waals surface area contributed by atoms with Crippen molar-refractivity contribution in [2.75, 3.05) is 44.6 Å².